The number of hydrogen-bond donors (Lipinski definition) is 3. The average molecular weight is 227 g/mol. The number of aliphatic hydroxyl groups is 1. The minimum atomic E-state index is -1.35. The first-order chi connectivity index (χ1) is 7.42. The number of carbonyl (C=O) groups excluding carboxylic acids is 1. The molecule has 2 bridgehead atoms. The van der Waals surface area contributed by atoms with E-state index in [0.717, 1.165) is 0 Å². The van der Waals surface area contributed by atoms with Gasteiger partial charge in [-0.3, -0.25) is 0 Å². The molecule has 2 amide bonds. The fourth-order valence-electron chi connectivity index (χ4n) is 3.02. The molecule has 3 saturated heterocycles. The Hall–Kier alpha value is -0.850. The van der Waals surface area contributed by atoms with E-state index in [0.29, 0.717) is 26.2 Å². The Kier molecular flexibility index (Phi) is 1.86. The third-order valence-electron chi connectivity index (χ3n) is 4.11. The second-order valence-corrected chi connectivity index (χ2v) is 5.46. The van der Waals surface area contributed by atoms with Crippen molar-refractivity contribution < 1.29 is 14.6 Å². The van der Waals surface area contributed by atoms with Gasteiger partial charge in [0.05, 0.1) is 25.3 Å². The van der Waals surface area contributed by atoms with Crippen LogP contribution in [0.1, 0.15) is 13.3 Å². The largest absolute Gasteiger partial charge is 0.380 e. The normalized spacial score (nSPS) is 39.2. The Bertz CT molecular complexity index is 335. The molecule has 3 aliphatic heterocycles. The van der Waals surface area contributed by atoms with Crippen LogP contribution < -0.4 is 11.1 Å². The van der Waals surface area contributed by atoms with Gasteiger partial charge in [-0.2, -0.15) is 0 Å². The Morgan fingerprint density at radius 1 is 1.69 bits per heavy atom. The van der Waals surface area contributed by atoms with Gasteiger partial charge in [0.2, 0.25) is 0 Å². The highest BCUT2D eigenvalue weighted by molar-refractivity contribution is 5.78. The first kappa shape index (κ1) is 10.3. The summed E-state index contributed by atoms with van der Waals surface area (Å²) in [5, 5.41) is 12.9. The minimum absolute atomic E-state index is 0.0172. The fourth-order valence-corrected chi connectivity index (χ4v) is 3.02. The van der Waals surface area contributed by atoms with Gasteiger partial charge in [-0.15, -0.1) is 0 Å². The maximum absolute atomic E-state index is 11.7. The van der Waals surface area contributed by atoms with E-state index in [-0.39, 0.29) is 23.5 Å². The summed E-state index contributed by atoms with van der Waals surface area (Å²) in [6, 6.07) is -0.299. The summed E-state index contributed by atoms with van der Waals surface area (Å²) in [6.45, 7) is 3.48. The predicted octanol–water partition coefficient (Wildman–Crippen LogP) is -1.16. The molecule has 3 aliphatic rings. The van der Waals surface area contributed by atoms with E-state index < -0.39 is 5.72 Å². The number of nitrogens with zero attached hydrogens (tertiary/aromatic N) is 1. The van der Waals surface area contributed by atoms with Crippen LogP contribution in [-0.4, -0.2) is 53.6 Å². The van der Waals surface area contributed by atoms with Crippen LogP contribution in [0.25, 0.3) is 0 Å². The van der Waals surface area contributed by atoms with Gasteiger partial charge >= 0.3 is 6.03 Å². The second-order valence-electron chi connectivity index (χ2n) is 5.46. The van der Waals surface area contributed by atoms with Crippen molar-refractivity contribution in [1.29, 1.82) is 0 Å². The summed E-state index contributed by atoms with van der Waals surface area (Å²) in [5.41, 5.74) is 4.38. The molecule has 0 radical (unpaired) electrons. The van der Waals surface area contributed by atoms with E-state index in [2.05, 4.69) is 5.32 Å². The molecule has 0 aromatic heterocycles. The van der Waals surface area contributed by atoms with Crippen molar-refractivity contribution in [3.8, 4) is 0 Å². The highest BCUT2D eigenvalue weighted by Gasteiger charge is 2.59. The Balaban J connectivity index is 1.92. The molecule has 16 heavy (non-hydrogen) atoms. The van der Waals surface area contributed by atoms with Crippen LogP contribution in [0.5, 0.6) is 0 Å². The molecule has 0 saturated carbocycles. The van der Waals surface area contributed by atoms with E-state index >= 15 is 0 Å². The molecule has 4 N–H and O–H groups in total. The van der Waals surface area contributed by atoms with Gasteiger partial charge in [0.25, 0.3) is 0 Å². The topological polar surface area (TPSA) is 87.8 Å². The quantitative estimate of drug-likeness (QED) is 0.493. The van der Waals surface area contributed by atoms with Crippen LogP contribution in [0.3, 0.4) is 0 Å². The average Bonchev–Trinajstić information content (AvgIpc) is 2.41. The lowest BCUT2D eigenvalue weighted by Gasteiger charge is -2.52. The molecule has 0 aliphatic carbocycles. The summed E-state index contributed by atoms with van der Waals surface area (Å²) in [7, 11) is 0. The molecule has 1 spiro atoms. The zero-order valence-electron chi connectivity index (χ0n) is 9.27. The molecule has 3 unspecified atom stereocenters. The molecule has 90 valence electrons. The van der Waals surface area contributed by atoms with Crippen molar-refractivity contribution >= 4 is 6.03 Å². The Morgan fingerprint density at radius 3 is 2.88 bits per heavy atom. The number of amides is 2. The number of urea groups is 1. The maximum atomic E-state index is 11.7. The zero-order valence-corrected chi connectivity index (χ0v) is 9.27. The first-order valence-corrected chi connectivity index (χ1v) is 5.58. The Labute approximate surface area is 93.7 Å². The van der Waals surface area contributed by atoms with Gasteiger partial charge in [-0.1, -0.05) is 0 Å². The molecule has 3 fully saturated rings. The smallest absolute Gasteiger partial charge is 0.318 e. The van der Waals surface area contributed by atoms with Crippen molar-refractivity contribution in [2.24, 2.45) is 11.1 Å². The second kappa shape index (κ2) is 2.88. The molecule has 3 heterocycles. The lowest BCUT2D eigenvalue weighted by molar-refractivity contribution is -0.167. The van der Waals surface area contributed by atoms with E-state index in [1.807, 2.05) is 0 Å². The number of nitrogens with two attached hydrogens (primary N) is 1. The maximum Gasteiger partial charge on any atom is 0.318 e. The molecule has 0 aromatic rings. The van der Waals surface area contributed by atoms with Crippen LogP contribution >= 0.6 is 0 Å². The summed E-state index contributed by atoms with van der Waals surface area (Å²) >= 11 is 0. The van der Waals surface area contributed by atoms with Crippen molar-refractivity contribution in [2.75, 3.05) is 19.8 Å². The van der Waals surface area contributed by atoms with Crippen molar-refractivity contribution in [1.82, 2.24) is 10.2 Å². The van der Waals surface area contributed by atoms with E-state index in [9.17, 15) is 9.90 Å². The lowest BCUT2D eigenvalue weighted by Crippen LogP contribution is -2.66. The summed E-state index contributed by atoms with van der Waals surface area (Å²) in [6.07, 6.45) is 0.708. The molecule has 6 nitrogen and oxygen atoms in total. The molecular formula is C10H17N3O3. The van der Waals surface area contributed by atoms with Crippen LogP contribution in [0.2, 0.25) is 0 Å². The number of carbonyl (C=O) groups is 1. The van der Waals surface area contributed by atoms with Gasteiger partial charge in [-0.05, 0) is 13.3 Å². The van der Waals surface area contributed by atoms with E-state index in [1.54, 1.807) is 11.8 Å². The number of hydrogen-bond acceptors (Lipinski definition) is 4. The third kappa shape index (κ3) is 1.20. The SMILES string of the molecule is CC(N)(O)C1CC2(COC2)C2CN1C(=O)N2. The number of rotatable bonds is 1. The van der Waals surface area contributed by atoms with Crippen molar-refractivity contribution in [2.45, 2.75) is 31.2 Å². The highest BCUT2D eigenvalue weighted by Crippen LogP contribution is 2.45. The van der Waals surface area contributed by atoms with Gasteiger partial charge < -0.3 is 25.8 Å². The lowest BCUT2D eigenvalue weighted by atomic mass is 9.69. The standard InChI is InChI=1S/C10H17N3O3/c1-9(11,15)7-2-10(4-16-5-10)6-3-13(7)8(14)12-6/h6-7,15H,2-5,11H2,1H3,(H,12,14). The molecule has 0 aromatic carbocycles. The molecule has 6 heteroatoms. The number of piperidine rings is 1. The monoisotopic (exact) mass is 227 g/mol. The van der Waals surface area contributed by atoms with Gasteiger partial charge in [0.15, 0.2) is 0 Å². The predicted molar refractivity (Wildman–Crippen MR) is 55.5 cm³/mol. The molecular weight excluding hydrogens is 210 g/mol. The summed E-state index contributed by atoms with van der Waals surface area (Å²) in [5.74, 6) is 0. The van der Waals surface area contributed by atoms with Crippen LogP contribution in [0, 0.1) is 5.41 Å². The van der Waals surface area contributed by atoms with Gasteiger partial charge in [0.1, 0.15) is 5.72 Å². The zero-order chi connectivity index (χ0) is 11.6. The number of nitrogens with one attached hydrogen (secondary N) is 1. The molecule has 3 atom stereocenters. The fraction of sp³-hybridized carbons (Fsp3) is 0.900. The van der Waals surface area contributed by atoms with Gasteiger partial charge in [0, 0.05) is 12.0 Å². The van der Waals surface area contributed by atoms with E-state index in [4.69, 9.17) is 10.5 Å². The van der Waals surface area contributed by atoms with Crippen LogP contribution in [0.15, 0.2) is 0 Å². The van der Waals surface area contributed by atoms with Crippen molar-refractivity contribution in [3.05, 3.63) is 0 Å². The molecule has 3 rings (SSSR count). The van der Waals surface area contributed by atoms with Crippen molar-refractivity contribution in [3.63, 3.8) is 0 Å². The first-order valence-electron chi connectivity index (χ1n) is 5.58. The van der Waals surface area contributed by atoms with Gasteiger partial charge in [-0.25, -0.2) is 4.79 Å². The van der Waals surface area contributed by atoms with Crippen LogP contribution in [-0.2, 0) is 4.74 Å². The summed E-state index contributed by atoms with van der Waals surface area (Å²) in [4.78, 5) is 13.4. The highest BCUT2D eigenvalue weighted by atomic mass is 16.5. The number of fused-ring (bicyclic) bond motifs is 3. The third-order valence-corrected chi connectivity index (χ3v) is 4.11. The summed E-state index contributed by atoms with van der Waals surface area (Å²) < 4.78 is 5.27. The minimum Gasteiger partial charge on any atom is -0.380 e. The number of ether oxygens (including phenoxy) is 1. The van der Waals surface area contributed by atoms with Crippen LogP contribution in [0.4, 0.5) is 4.79 Å². The Morgan fingerprint density at radius 2 is 2.38 bits per heavy atom. The van der Waals surface area contributed by atoms with E-state index in [1.165, 1.54) is 0 Å².